The molecule has 0 heterocycles. The Kier molecular flexibility index (Phi) is 2.21. The summed E-state index contributed by atoms with van der Waals surface area (Å²) in [6.07, 6.45) is 1.80. The minimum absolute atomic E-state index is 0.514. The number of benzene rings is 1. The van der Waals surface area contributed by atoms with E-state index in [2.05, 4.69) is 38.5 Å². The molecule has 0 amide bonds. The highest BCUT2D eigenvalue weighted by atomic mass is 127. The maximum atomic E-state index is 9.88. The van der Waals surface area contributed by atoms with Gasteiger partial charge in [0.2, 0.25) is 0 Å². The van der Waals surface area contributed by atoms with Crippen LogP contribution >= 0.6 is 38.5 Å². The lowest BCUT2D eigenvalue weighted by Gasteiger charge is -2.10. The van der Waals surface area contributed by atoms with E-state index in [0.29, 0.717) is 0 Å². The van der Waals surface area contributed by atoms with Crippen LogP contribution in [0.5, 0.6) is 0 Å². The van der Waals surface area contributed by atoms with E-state index in [4.69, 9.17) is 0 Å². The van der Waals surface area contributed by atoms with E-state index >= 15 is 0 Å². The Labute approximate surface area is 93.4 Å². The molecular formula is C9H8BrIO. The van der Waals surface area contributed by atoms with E-state index in [1.807, 2.05) is 18.2 Å². The van der Waals surface area contributed by atoms with Crippen molar-refractivity contribution in [1.82, 2.24) is 0 Å². The monoisotopic (exact) mass is 338 g/mol. The fraction of sp³-hybridized carbons (Fsp3) is 0.333. The van der Waals surface area contributed by atoms with Gasteiger partial charge in [-0.3, -0.25) is 0 Å². The summed E-state index contributed by atoms with van der Waals surface area (Å²) in [5, 5.41) is 9.88. The molecule has 1 aromatic rings. The van der Waals surface area contributed by atoms with Crippen molar-refractivity contribution in [1.29, 1.82) is 0 Å². The predicted octanol–water partition coefficient (Wildman–Crippen LogP) is 3.04. The minimum Gasteiger partial charge on any atom is -0.385 e. The number of hydrogen-bond acceptors (Lipinski definition) is 1. The van der Waals surface area contributed by atoms with Crippen molar-refractivity contribution >= 4 is 38.5 Å². The van der Waals surface area contributed by atoms with E-state index < -0.39 is 5.60 Å². The molecule has 1 fully saturated rings. The van der Waals surface area contributed by atoms with Gasteiger partial charge in [0, 0.05) is 8.04 Å². The number of halogens is 2. The largest absolute Gasteiger partial charge is 0.385 e. The van der Waals surface area contributed by atoms with Gasteiger partial charge in [0.1, 0.15) is 0 Å². The van der Waals surface area contributed by atoms with Crippen LogP contribution in [0, 0.1) is 3.57 Å². The van der Waals surface area contributed by atoms with Crippen LogP contribution in [-0.4, -0.2) is 5.11 Å². The van der Waals surface area contributed by atoms with Crippen molar-refractivity contribution in [2.75, 3.05) is 0 Å². The van der Waals surface area contributed by atoms with Crippen LogP contribution in [-0.2, 0) is 5.60 Å². The van der Waals surface area contributed by atoms with E-state index in [1.54, 1.807) is 0 Å². The zero-order valence-electron chi connectivity index (χ0n) is 6.35. The summed E-state index contributed by atoms with van der Waals surface area (Å²) in [5.41, 5.74) is 0.554. The molecule has 1 aliphatic carbocycles. The fourth-order valence-electron chi connectivity index (χ4n) is 1.24. The first-order valence-corrected chi connectivity index (χ1v) is 5.67. The molecule has 0 bridgehead atoms. The highest BCUT2D eigenvalue weighted by Crippen LogP contribution is 2.47. The van der Waals surface area contributed by atoms with Gasteiger partial charge in [-0.05, 0) is 59.2 Å². The fourth-order valence-corrected chi connectivity index (χ4v) is 2.44. The summed E-state index contributed by atoms with van der Waals surface area (Å²) in [4.78, 5) is 0. The molecule has 12 heavy (non-hydrogen) atoms. The lowest BCUT2D eigenvalue weighted by Crippen LogP contribution is -2.06. The van der Waals surface area contributed by atoms with Gasteiger partial charge < -0.3 is 5.11 Å². The molecule has 0 spiro atoms. The van der Waals surface area contributed by atoms with Crippen LogP contribution in [0.25, 0.3) is 0 Å². The molecule has 3 heteroatoms. The van der Waals surface area contributed by atoms with Gasteiger partial charge in [0.05, 0.1) is 5.60 Å². The first kappa shape index (κ1) is 8.97. The molecule has 2 rings (SSSR count). The van der Waals surface area contributed by atoms with Crippen molar-refractivity contribution in [2.45, 2.75) is 18.4 Å². The second-order valence-electron chi connectivity index (χ2n) is 3.16. The third kappa shape index (κ3) is 1.54. The molecule has 1 saturated carbocycles. The van der Waals surface area contributed by atoms with Crippen LogP contribution in [0.4, 0.5) is 0 Å². The van der Waals surface area contributed by atoms with E-state index in [9.17, 15) is 5.11 Å². The lowest BCUT2D eigenvalue weighted by molar-refractivity contribution is 0.150. The highest BCUT2D eigenvalue weighted by Gasteiger charge is 2.43. The maximum Gasteiger partial charge on any atom is 0.0909 e. The third-order valence-corrected chi connectivity index (χ3v) is 3.59. The SMILES string of the molecule is OC1(c2cc(Br)ccc2I)CC1. The number of aliphatic hydroxyl groups is 1. The Morgan fingerprint density at radius 2 is 2.08 bits per heavy atom. The molecule has 0 unspecified atom stereocenters. The van der Waals surface area contributed by atoms with Gasteiger partial charge in [-0.1, -0.05) is 15.9 Å². The van der Waals surface area contributed by atoms with Crippen LogP contribution < -0.4 is 0 Å². The topological polar surface area (TPSA) is 20.2 Å². The average Bonchev–Trinajstić information content (AvgIpc) is 2.75. The predicted molar refractivity (Wildman–Crippen MR) is 60.0 cm³/mol. The minimum atomic E-state index is -0.514. The van der Waals surface area contributed by atoms with Crippen LogP contribution in [0.15, 0.2) is 22.7 Å². The summed E-state index contributed by atoms with van der Waals surface area (Å²) in [7, 11) is 0. The second kappa shape index (κ2) is 2.96. The van der Waals surface area contributed by atoms with Gasteiger partial charge in [-0.2, -0.15) is 0 Å². The number of rotatable bonds is 1. The summed E-state index contributed by atoms with van der Waals surface area (Å²) in [5.74, 6) is 0. The van der Waals surface area contributed by atoms with Crippen molar-refractivity contribution in [3.8, 4) is 0 Å². The standard InChI is InChI=1S/C9H8BrIO/c10-6-1-2-8(11)7(5-6)9(12)3-4-9/h1-2,5,12H,3-4H2. The maximum absolute atomic E-state index is 9.88. The van der Waals surface area contributed by atoms with Gasteiger partial charge in [-0.15, -0.1) is 0 Å². The van der Waals surface area contributed by atoms with Gasteiger partial charge in [0.25, 0.3) is 0 Å². The molecule has 0 atom stereocenters. The molecular weight excluding hydrogens is 331 g/mol. The zero-order valence-corrected chi connectivity index (χ0v) is 10.1. The summed E-state index contributed by atoms with van der Waals surface area (Å²) < 4.78 is 2.19. The Bertz CT molecular complexity index is 320. The van der Waals surface area contributed by atoms with Gasteiger partial charge in [-0.25, -0.2) is 0 Å². The molecule has 64 valence electrons. The first-order chi connectivity index (χ1) is 5.62. The molecule has 0 radical (unpaired) electrons. The Balaban J connectivity index is 2.48. The van der Waals surface area contributed by atoms with Gasteiger partial charge >= 0.3 is 0 Å². The molecule has 1 nitrogen and oxygen atoms in total. The summed E-state index contributed by atoms with van der Waals surface area (Å²) in [6.45, 7) is 0. The molecule has 0 aromatic heterocycles. The van der Waals surface area contributed by atoms with E-state index in [0.717, 1.165) is 26.4 Å². The average molecular weight is 339 g/mol. The first-order valence-electron chi connectivity index (χ1n) is 3.80. The molecule has 0 saturated heterocycles. The van der Waals surface area contributed by atoms with Gasteiger partial charge in [0.15, 0.2) is 0 Å². The van der Waals surface area contributed by atoms with Crippen molar-refractivity contribution in [2.24, 2.45) is 0 Å². The Morgan fingerprint density at radius 3 is 2.67 bits per heavy atom. The second-order valence-corrected chi connectivity index (χ2v) is 5.23. The van der Waals surface area contributed by atoms with Crippen LogP contribution in [0.3, 0.4) is 0 Å². The van der Waals surface area contributed by atoms with Crippen LogP contribution in [0.1, 0.15) is 18.4 Å². The van der Waals surface area contributed by atoms with E-state index in [1.165, 1.54) is 0 Å². The lowest BCUT2D eigenvalue weighted by atomic mass is 10.1. The zero-order chi connectivity index (χ0) is 8.77. The number of hydrogen-bond donors (Lipinski definition) is 1. The quantitative estimate of drug-likeness (QED) is 0.780. The normalized spacial score (nSPS) is 19.2. The third-order valence-electron chi connectivity index (χ3n) is 2.15. The molecule has 1 aromatic carbocycles. The van der Waals surface area contributed by atoms with Crippen molar-refractivity contribution in [3.05, 3.63) is 31.8 Å². The molecule has 0 aliphatic heterocycles. The van der Waals surface area contributed by atoms with Crippen molar-refractivity contribution in [3.63, 3.8) is 0 Å². The molecule has 1 aliphatic rings. The van der Waals surface area contributed by atoms with E-state index in [-0.39, 0.29) is 0 Å². The smallest absolute Gasteiger partial charge is 0.0909 e. The highest BCUT2D eigenvalue weighted by molar-refractivity contribution is 14.1. The Hall–Kier alpha value is 0.390. The Morgan fingerprint density at radius 1 is 1.42 bits per heavy atom. The van der Waals surface area contributed by atoms with Crippen molar-refractivity contribution < 1.29 is 5.11 Å². The summed E-state index contributed by atoms with van der Waals surface area (Å²) >= 11 is 5.66. The summed E-state index contributed by atoms with van der Waals surface area (Å²) in [6, 6.07) is 6.03. The molecule has 1 N–H and O–H groups in total. The van der Waals surface area contributed by atoms with Crippen LogP contribution in [0.2, 0.25) is 0 Å².